The van der Waals surface area contributed by atoms with Crippen LogP contribution in [-0.4, -0.2) is 60.6 Å². The van der Waals surface area contributed by atoms with E-state index in [4.69, 9.17) is 0 Å². The first-order valence-electron chi connectivity index (χ1n) is 9.37. The largest absolute Gasteiger partial charge is 0.334 e. The Morgan fingerprint density at radius 3 is 2.62 bits per heavy atom. The monoisotopic (exact) mass is 380 g/mol. The van der Waals surface area contributed by atoms with Gasteiger partial charge in [0.15, 0.2) is 0 Å². The molecule has 2 aliphatic rings. The molecule has 2 saturated heterocycles. The van der Waals surface area contributed by atoms with E-state index in [0.29, 0.717) is 13.1 Å². The number of hydrogen-bond acceptors (Lipinski definition) is 4. The molecule has 0 aromatic carbocycles. The topological polar surface area (TPSA) is 82.6 Å². The number of sulfonamides is 1. The van der Waals surface area contributed by atoms with Crippen LogP contribution in [0.2, 0.25) is 0 Å². The van der Waals surface area contributed by atoms with Gasteiger partial charge in [0.2, 0.25) is 10.0 Å². The maximum atomic E-state index is 13.0. The Kier molecular flexibility index (Phi) is 6.13. The maximum absolute atomic E-state index is 13.0. The van der Waals surface area contributed by atoms with Crippen molar-refractivity contribution < 1.29 is 13.2 Å². The van der Waals surface area contributed by atoms with Crippen molar-refractivity contribution in [2.75, 3.05) is 25.9 Å². The third kappa shape index (κ3) is 4.73. The summed E-state index contributed by atoms with van der Waals surface area (Å²) >= 11 is 0. The highest BCUT2D eigenvalue weighted by molar-refractivity contribution is 7.88. The number of hydrogen-bond donors (Lipinski definition) is 1. The van der Waals surface area contributed by atoms with Gasteiger partial charge in [0.05, 0.1) is 12.3 Å². The second kappa shape index (κ2) is 8.35. The molecule has 0 saturated carbocycles. The molecular weight excluding hydrogens is 352 g/mol. The van der Waals surface area contributed by atoms with Gasteiger partial charge in [-0.1, -0.05) is 12.8 Å². The number of rotatable bonds is 3. The van der Waals surface area contributed by atoms with Crippen LogP contribution in [0.4, 0.5) is 4.79 Å². The van der Waals surface area contributed by atoms with E-state index in [1.807, 2.05) is 17.0 Å². The summed E-state index contributed by atoms with van der Waals surface area (Å²) in [6.45, 7) is 1.62. The van der Waals surface area contributed by atoms with Gasteiger partial charge in [0.25, 0.3) is 0 Å². The van der Waals surface area contributed by atoms with Gasteiger partial charge < -0.3 is 10.2 Å². The summed E-state index contributed by atoms with van der Waals surface area (Å²) in [4.78, 5) is 19.0. The molecular formula is C18H28N4O3S. The number of likely N-dealkylation sites (tertiary alicyclic amines) is 1. The third-order valence-corrected chi connectivity index (χ3v) is 6.55. The van der Waals surface area contributed by atoms with Crippen LogP contribution >= 0.6 is 0 Å². The van der Waals surface area contributed by atoms with Crippen molar-refractivity contribution >= 4 is 16.1 Å². The van der Waals surface area contributed by atoms with Gasteiger partial charge in [-0.05, 0) is 43.4 Å². The van der Waals surface area contributed by atoms with E-state index in [2.05, 4.69) is 10.3 Å². The lowest BCUT2D eigenvalue weighted by atomic mass is 10.0. The molecule has 144 valence electrons. The minimum Gasteiger partial charge on any atom is -0.334 e. The van der Waals surface area contributed by atoms with Crippen molar-refractivity contribution in [3.05, 3.63) is 30.1 Å². The molecule has 2 atom stereocenters. The summed E-state index contributed by atoms with van der Waals surface area (Å²) < 4.78 is 25.1. The molecule has 0 bridgehead atoms. The van der Waals surface area contributed by atoms with Crippen LogP contribution in [0.1, 0.15) is 50.1 Å². The molecule has 2 amide bonds. The molecule has 2 fully saturated rings. The van der Waals surface area contributed by atoms with Crippen molar-refractivity contribution in [1.82, 2.24) is 19.5 Å². The van der Waals surface area contributed by atoms with E-state index < -0.39 is 10.0 Å². The molecule has 3 heterocycles. The van der Waals surface area contributed by atoms with Crippen LogP contribution in [0.25, 0.3) is 0 Å². The van der Waals surface area contributed by atoms with Crippen molar-refractivity contribution in [3.63, 3.8) is 0 Å². The quantitative estimate of drug-likeness (QED) is 0.871. The van der Waals surface area contributed by atoms with Gasteiger partial charge >= 0.3 is 6.03 Å². The summed E-state index contributed by atoms with van der Waals surface area (Å²) in [6, 6.07) is 3.78. The summed E-state index contributed by atoms with van der Waals surface area (Å²) in [7, 11) is -3.22. The van der Waals surface area contributed by atoms with Crippen LogP contribution in [0.5, 0.6) is 0 Å². The number of urea groups is 1. The van der Waals surface area contributed by atoms with Crippen molar-refractivity contribution in [1.29, 1.82) is 0 Å². The highest BCUT2D eigenvalue weighted by atomic mass is 32.2. The van der Waals surface area contributed by atoms with Crippen LogP contribution in [0.3, 0.4) is 0 Å². The molecule has 3 rings (SSSR count). The van der Waals surface area contributed by atoms with Gasteiger partial charge in [-0.25, -0.2) is 17.5 Å². The Morgan fingerprint density at radius 2 is 1.88 bits per heavy atom. The van der Waals surface area contributed by atoms with Gasteiger partial charge in [0, 0.05) is 38.1 Å². The molecule has 0 radical (unpaired) electrons. The Morgan fingerprint density at radius 1 is 1.12 bits per heavy atom. The zero-order valence-corrected chi connectivity index (χ0v) is 16.1. The third-order valence-electron chi connectivity index (χ3n) is 5.29. The number of piperidine rings is 1. The lowest BCUT2D eigenvalue weighted by molar-refractivity contribution is 0.166. The molecule has 2 aliphatic heterocycles. The van der Waals surface area contributed by atoms with Crippen LogP contribution in [0, 0.1) is 0 Å². The minimum absolute atomic E-state index is 0.0510. The predicted octanol–water partition coefficient (Wildman–Crippen LogP) is 2.13. The van der Waals surface area contributed by atoms with E-state index in [-0.39, 0.29) is 18.1 Å². The molecule has 1 aromatic heterocycles. The zero-order valence-electron chi connectivity index (χ0n) is 15.3. The fraction of sp³-hybridized carbons (Fsp3) is 0.667. The summed E-state index contributed by atoms with van der Waals surface area (Å²) in [6.07, 6.45) is 10.5. The van der Waals surface area contributed by atoms with Crippen molar-refractivity contribution in [2.45, 2.75) is 50.6 Å². The number of nitrogens with zero attached hydrogens (tertiary/aromatic N) is 3. The van der Waals surface area contributed by atoms with Crippen LogP contribution in [0.15, 0.2) is 24.5 Å². The van der Waals surface area contributed by atoms with E-state index in [9.17, 15) is 13.2 Å². The number of carbonyl (C=O) groups is 1. The van der Waals surface area contributed by atoms with Gasteiger partial charge in [-0.3, -0.25) is 4.98 Å². The lowest BCUT2D eigenvalue weighted by Gasteiger charge is -2.35. The number of carbonyl (C=O) groups excluding carboxylic acids is 1. The van der Waals surface area contributed by atoms with Crippen LogP contribution in [-0.2, 0) is 10.0 Å². The van der Waals surface area contributed by atoms with Crippen molar-refractivity contribution in [2.24, 2.45) is 0 Å². The van der Waals surface area contributed by atoms with E-state index in [0.717, 1.165) is 50.6 Å². The average Bonchev–Trinajstić information content (AvgIpc) is 2.88. The number of aromatic nitrogens is 1. The molecule has 2 unspecified atom stereocenters. The van der Waals surface area contributed by atoms with Gasteiger partial charge in [-0.2, -0.15) is 0 Å². The smallest absolute Gasteiger partial charge is 0.318 e. The number of nitrogens with one attached hydrogen (secondary N) is 1. The summed E-state index contributed by atoms with van der Waals surface area (Å²) in [5.41, 5.74) is 1.11. The average molecular weight is 381 g/mol. The fourth-order valence-corrected chi connectivity index (χ4v) is 4.81. The zero-order chi connectivity index (χ0) is 18.6. The fourth-order valence-electron chi connectivity index (χ4n) is 3.90. The van der Waals surface area contributed by atoms with Gasteiger partial charge in [0.1, 0.15) is 0 Å². The number of amides is 2. The standard InChI is InChI=1S/C18H28N4O3S/c1-26(24,25)21-12-5-6-16(14-21)20-18(23)22-13-4-2-3-7-17(22)15-8-10-19-11-9-15/h8-11,16-17H,2-7,12-14H2,1H3,(H,20,23). The minimum atomic E-state index is -3.22. The Bertz CT molecular complexity index is 710. The second-order valence-electron chi connectivity index (χ2n) is 7.25. The first-order chi connectivity index (χ1) is 12.4. The Balaban J connectivity index is 1.70. The molecule has 1 N–H and O–H groups in total. The molecule has 7 nitrogen and oxygen atoms in total. The second-order valence-corrected chi connectivity index (χ2v) is 9.23. The summed E-state index contributed by atoms with van der Waals surface area (Å²) in [5, 5.41) is 3.08. The van der Waals surface area contributed by atoms with Gasteiger partial charge in [-0.15, -0.1) is 0 Å². The molecule has 1 aromatic rings. The molecule has 0 aliphatic carbocycles. The number of pyridine rings is 1. The summed E-state index contributed by atoms with van der Waals surface area (Å²) in [5.74, 6) is 0. The first-order valence-corrected chi connectivity index (χ1v) is 11.2. The highest BCUT2D eigenvalue weighted by Crippen LogP contribution is 2.30. The predicted molar refractivity (Wildman–Crippen MR) is 100 cm³/mol. The van der Waals surface area contributed by atoms with Crippen LogP contribution < -0.4 is 5.32 Å². The Hall–Kier alpha value is -1.67. The SMILES string of the molecule is CS(=O)(=O)N1CCCC(NC(=O)N2CCCCCC2c2ccncc2)C1. The van der Waals surface area contributed by atoms with E-state index in [1.54, 1.807) is 12.4 Å². The molecule has 0 spiro atoms. The normalized spacial score (nSPS) is 25.5. The molecule has 8 heteroatoms. The maximum Gasteiger partial charge on any atom is 0.318 e. The first kappa shape index (κ1) is 19.1. The van der Waals surface area contributed by atoms with E-state index >= 15 is 0 Å². The van der Waals surface area contributed by atoms with E-state index in [1.165, 1.54) is 10.6 Å². The molecule has 26 heavy (non-hydrogen) atoms. The lowest BCUT2D eigenvalue weighted by Crippen LogP contribution is -2.53. The Labute approximate surface area is 155 Å². The highest BCUT2D eigenvalue weighted by Gasteiger charge is 2.31. The van der Waals surface area contributed by atoms with Crippen molar-refractivity contribution in [3.8, 4) is 0 Å².